The number of nitrogens with one attached hydrogen (secondary N) is 1. The number of nitrogens with zero attached hydrogens (tertiary/aromatic N) is 1. The molecule has 3 atom stereocenters. The minimum atomic E-state index is -0.133. The topological polar surface area (TPSA) is 50.8 Å². The fraction of sp³-hybridized carbons (Fsp3) is 0.929. The molecule has 19 heavy (non-hydrogen) atoms. The molecule has 3 unspecified atom stereocenters. The van der Waals surface area contributed by atoms with Gasteiger partial charge in [0.15, 0.2) is 0 Å². The van der Waals surface area contributed by atoms with Crippen molar-refractivity contribution in [2.45, 2.75) is 51.3 Å². The van der Waals surface area contributed by atoms with Crippen LogP contribution in [0.3, 0.4) is 0 Å². The maximum Gasteiger partial charge on any atom is 0.307 e. The summed E-state index contributed by atoms with van der Waals surface area (Å²) in [6.07, 6.45) is 3.25. The Balaban J connectivity index is 1.63. The van der Waals surface area contributed by atoms with E-state index in [1.165, 1.54) is 19.4 Å². The van der Waals surface area contributed by atoms with Gasteiger partial charge in [0, 0.05) is 25.2 Å². The smallest absolute Gasteiger partial charge is 0.307 e. The molecule has 0 aliphatic carbocycles. The maximum absolute atomic E-state index is 11.4. The predicted octanol–water partition coefficient (Wildman–Crippen LogP) is 0.781. The van der Waals surface area contributed by atoms with Crippen LogP contribution < -0.4 is 5.32 Å². The Hall–Kier alpha value is -0.650. The standard InChI is InChI=1S/C14H26N2O3/c1-3-18-14(17)7-11(2)15-8-13-9-16-6-4-5-12(16)10-19-13/h11-13,15H,3-10H2,1-2H3. The first-order valence-electron chi connectivity index (χ1n) is 7.43. The summed E-state index contributed by atoms with van der Waals surface area (Å²) in [5, 5.41) is 3.37. The number of ether oxygens (including phenoxy) is 2. The molecule has 0 spiro atoms. The van der Waals surface area contributed by atoms with Gasteiger partial charge in [-0.05, 0) is 33.2 Å². The van der Waals surface area contributed by atoms with Gasteiger partial charge in [-0.25, -0.2) is 0 Å². The lowest BCUT2D eigenvalue weighted by Gasteiger charge is -2.35. The van der Waals surface area contributed by atoms with Crippen molar-refractivity contribution in [3.63, 3.8) is 0 Å². The number of carbonyl (C=O) groups excluding carboxylic acids is 1. The highest BCUT2D eigenvalue weighted by Crippen LogP contribution is 2.22. The second kappa shape index (κ2) is 7.22. The van der Waals surface area contributed by atoms with Crippen LogP contribution in [0.1, 0.15) is 33.1 Å². The number of morpholine rings is 1. The molecule has 5 nitrogen and oxygen atoms in total. The minimum Gasteiger partial charge on any atom is -0.466 e. The van der Waals surface area contributed by atoms with Gasteiger partial charge in [-0.1, -0.05) is 0 Å². The number of carbonyl (C=O) groups is 1. The average molecular weight is 270 g/mol. The Morgan fingerprint density at radius 3 is 3.21 bits per heavy atom. The lowest BCUT2D eigenvalue weighted by molar-refractivity contribution is -0.143. The van der Waals surface area contributed by atoms with Crippen LogP contribution in [0.4, 0.5) is 0 Å². The third-order valence-corrected chi connectivity index (χ3v) is 3.93. The van der Waals surface area contributed by atoms with Gasteiger partial charge in [-0.15, -0.1) is 0 Å². The number of hydrogen-bond acceptors (Lipinski definition) is 5. The highest BCUT2D eigenvalue weighted by atomic mass is 16.5. The molecule has 1 N–H and O–H groups in total. The van der Waals surface area contributed by atoms with Crippen molar-refractivity contribution in [1.29, 1.82) is 0 Å². The maximum atomic E-state index is 11.4. The summed E-state index contributed by atoms with van der Waals surface area (Å²) in [6, 6.07) is 0.784. The van der Waals surface area contributed by atoms with E-state index in [1.807, 2.05) is 13.8 Å². The molecule has 0 amide bonds. The first-order chi connectivity index (χ1) is 9.19. The van der Waals surface area contributed by atoms with Crippen LogP contribution >= 0.6 is 0 Å². The monoisotopic (exact) mass is 270 g/mol. The van der Waals surface area contributed by atoms with Crippen molar-refractivity contribution in [2.24, 2.45) is 0 Å². The van der Waals surface area contributed by atoms with E-state index in [1.54, 1.807) is 0 Å². The van der Waals surface area contributed by atoms with Gasteiger partial charge >= 0.3 is 5.97 Å². The number of fused-ring (bicyclic) bond motifs is 1. The fourth-order valence-electron chi connectivity index (χ4n) is 2.88. The lowest BCUT2D eigenvalue weighted by Crippen LogP contribution is -2.50. The summed E-state index contributed by atoms with van der Waals surface area (Å²) in [7, 11) is 0. The molecular weight excluding hydrogens is 244 g/mol. The second-order valence-electron chi connectivity index (χ2n) is 5.56. The molecule has 2 heterocycles. The zero-order valence-corrected chi connectivity index (χ0v) is 12.1. The predicted molar refractivity (Wildman–Crippen MR) is 73.0 cm³/mol. The first-order valence-corrected chi connectivity index (χ1v) is 7.43. The zero-order valence-electron chi connectivity index (χ0n) is 12.1. The molecule has 110 valence electrons. The van der Waals surface area contributed by atoms with Crippen molar-refractivity contribution in [3.8, 4) is 0 Å². The van der Waals surface area contributed by atoms with Crippen molar-refractivity contribution in [2.75, 3.05) is 32.8 Å². The molecule has 2 fully saturated rings. The van der Waals surface area contributed by atoms with Gasteiger partial charge in [-0.3, -0.25) is 9.69 Å². The summed E-state index contributed by atoms with van der Waals surface area (Å²) < 4.78 is 10.8. The van der Waals surface area contributed by atoms with Crippen LogP contribution in [0.5, 0.6) is 0 Å². The van der Waals surface area contributed by atoms with E-state index in [0.717, 1.165) is 19.7 Å². The Morgan fingerprint density at radius 2 is 2.42 bits per heavy atom. The van der Waals surface area contributed by atoms with E-state index in [-0.39, 0.29) is 18.1 Å². The summed E-state index contributed by atoms with van der Waals surface area (Å²) in [6.45, 7) is 8.19. The molecule has 2 aliphatic rings. The van der Waals surface area contributed by atoms with Crippen LogP contribution in [0.2, 0.25) is 0 Å². The van der Waals surface area contributed by atoms with Gasteiger partial charge in [0.25, 0.3) is 0 Å². The summed E-state index contributed by atoms with van der Waals surface area (Å²) in [4.78, 5) is 13.9. The Kier molecular flexibility index (Phi) is 5.60. The highest BCUT2D eigenvalue weighted by molar-refractivity contribution is 5.69. The highest BCUT2D eigenvalue weighted by Gasteiger charge is 2.32. The van der Waals surface area contributed by atoms with Crippen molar-refractivity contribution in [1.82, 2.24) is 10.2 Å². The molecule has 0 radical (unpaired) electrons. The van der Waals surface area contributed by atoms with Crippen LogP contribution in [-0.2, 0) is 14.3 Å². The molecule has 0 saturated carbocycles. The average Bonchev–Trinajstić information content (AvgIpc) is 2.83. The van der Waals surface area contributed by atoms with Crippen molar-refractivity contribution < 1.29 is 14.3 Å². The normalized spacial score (nSPS) is 28.9. The fourth-order valence-corrected chi connectivity index (χ4v) is 2.88. The minimum absolute atomic E-state index is 0.133. The Morgan fingerprint density at radius 1 is 1.58 bits per heavy atom. The molecule has 2 rings (SSSR count). The Labute approximate surface area is 115 Å². The van der Waals surface area contributed by atoms with E-state index in [0.29, 0.717) is 19.1 Å². The van der Waals surface area contributed by atoms with Crippen molar-refractivity contribution in [3.05, 3.63) is 0 Å². The van der Waals surface area contributed by atoms with Gasteiger partial charge < -0.3 is 14.8 Å². The van der Waals surface area contributed by atoms with Gasteiger partial charge in [0.05, 0.1) is 25.7 Å². The largest absolute Gasteiger partial charge is 0.466 e. The van der Waals surface area contributed by atoms with Crippen molar-refractivity contribution >= 4 is 5.97 Å². The SMILES string of the molecule is CCOC(=O)CC(C)NCC1CN2CCCC2CO1. The molecule has 5 heteroatoms. The summed E-state index contributed by atoms with van der Waals surface area (Å²) in [5.74, 6) is -0.133. The molecule has 0 aromatic rings. The zero-order chi connectivity index (χ0) is 13.7. The molecule has 2 saturated heterocycles. The Bertz CT molecular complexity index is 298. The molecule has 0 aromatic carbocycles. The van der Waals surface area contributed by atoms with E-state index >= 15 is 0 Å². The molecule has 2 aliphatic heterocycles. The number of hydrogen-bond donors (Lipinski definition) is 1. The quantitative estimate of drug-likeness (QED) is 0.723. The third kappa shape index (κ3) is 4.44. The third-order valence-electron chi connectivity index (χ3n) is 3.93. The van der Waals surface area contributed by atoms with Crippen LogP contribution in [0, 0.1) is 0 Å². The van der Waals surface area contributed by atoms with E-state index in [2.05, 4.69) is 10.2 Å². The summed E-state index contributed by atoms with van der Waals surface area (Å²) in [5.41, 5.74) is 0. The van der Waals surface area contributed by atoms with Gasteiger partial charge in [-0.2, -0.15) is 0 Å². The van der Waals surface area contributed by atoms with Crippen LogP contribution in [-0.4, -0.2) is 61.9 Å². The first kappa shape index (κ1) is 14.8. The van der Waals surface area contributed by atoms with Crippen LogP contribution in [0.25, 0.3) is 0 Å². The van der Waals surface area contributed by atoms with Gasteiger partial charge in [0.1, 0.15) is 0 Å². The lowest BCUT2D eigenvalue weighted by atomic mass is 10.1. The molecule has 0 bridgehead atoms. The molecule has 0 aromatic heterocycles. The molecular formula is C14H26N2O3. The summed E-state index contributed by atoms with van der Waals surface area (Å²) >= 11 is 0. The second-order valence-corrected chi connectivity index (χ2v) is 5.56. The van der Waals surface area contributed by atoms with E-state index < -0.39 is 0 Å². The van der Waals surface area contributed by atoms with E-state index in [9.17, 15) is 4.79 Å². The van der Waals surface area contributed by atoms with Gasteiger partial charge in [0.2, 0.25) is 0 Å². The number of esters is 1. The van der Waals surface area contributed by atoms with E-state index in [4.69, 9.17) is 9.47 Å². The number of rotatable bonds is 6. The van der Waals surface area contributed by atoms with Crippen LogP contribution in [0.15, 0.2) is 0 Å².